The SMILES string of the molecule is CC(NC(=O)/C=C/c1ccccc1[N+](=O)[O-])c1ccc2c(c1)OCO2. The number of nitrogens with one attached hydrogen (secondary N) is 1. The van der Waals surface area contributed by atoms with Crippen LogP contribution in [0.4, 0.5) is 5.69 Å². The van der Waals surface area contributed by atoms with Gasteiger partial charge in [-0.3, -0.25) is 14.9 Å². The second-order valence-corrected chi connectivity index (χ2v) is 5.49. The van der Waals surface area contributed by atoms with E-state index in [1.54, 1.807) is 24.3 Å². The Balaban J connectivity index is 1.67. The van der Waals surface area contributed by atoms with E-state index >= 15 is 0 Å². The van der Waals surface area contributed by atoms with Crippen LogP contribution in [0.5, 0.6) is 11.5 Å². The van der Waals surface area contributed by atoms with Crippen molar-refractivity contribution in [2.24, 2.45) is 0 Å². The van der Waals surface area contributed by atoms with Crippen molar-refractivity contribution in [3.05, 3.63) is 69.8 Å². The third-order valence-electron chi connectivity index (χ3n) is 3.80. The summed E-state index contributed by atoms with van der Waals surface area (Å²) < 4.78 is 10.6. The number of amides is 1. The summed E-state index contributed by atoms with van der Waals surface area (Å²) in [6.07, 6.45) is 2.71. The maximum atomic E-state index is 12.1. The number of rotatable bonds is 5. The van der Waals surface area contributed by atoms with E-state index in [0.717, 1.165) is 5.56 Å². The number of benzene rings is 2. The molecule has 0 saturated heterocycles. The van der Waals surface area contributed by atoms with Gasteiger partial charge in [-0.15, -0.1) is 0 Å². The summed E-state index contributed by atoms with van der Waals surface area (Å²) in [6, 6.07) is 11.5. The molecule has 1 N–H and O–H groups in total. The molecule has 0 fully saturated rings. The van der Waals surface area contributed by atoms with Gasteiger partial charge in [0, 0.05) is 12.1 Å². The smallest absolute Gasteiger partial charge is 0.276 e. The van der Waals surface area contributed by atoms with Gasteiger partial charge >= 0.3 is 0 Å². The van der Waals surface area contributed by atoms with Crippen molar-refractivity contribution in [3.8, 4) is 11.5 Å². The van der Waals surface area contributed by atoms with Crippen LogP contribution in [-0.2, 0) is 4.79 Å². The average Bonchev–Trinajstić information content (AvgIpc) is 3.07. The Labute approximate surface area is 144 Å². The molecule has 7 heteroatoms. The minimum absolute atomic E-state index is 0.0460. The van der Waals surface area contributed by atoms with E-state index < -0.39 is 4.92 Å². The van der Waals surface area contributed by atoms with E-state index in [-0.39, 0.29) is 24.4 Å². The third-order valence-corrected chi connectivity index (χ3v) is 3.80. The lowest BCUT2D eigenvalue weighted by molar-refractivity contribution is -0.385. The quantitative estimate of drug-likeness (QED) is 0.513. The predicted octanol–water partition coefficient (Wildman–Crippen LogP) is 3.21. The van der Waals surface area contributed by atoms with Crippen LogP contribution in [0.1, 0.15) is 24.1 Å². The zero-order valence-electron chi connectivity index (χ0n) is 13.5. The zero-order valence-corrected chi connectivity index (χ0v) is 13.5. The minimum atomic E-state index is -0.479. The summed E-state index contributed by atoms with van der Waals surface area (Å²) in [4.78, 5) is 22.6. The molecule has 7 nitrogen and oxygen atoms in total. The van der Waals surface area contributed by atoms with Crippen molar-refractivity contribution in [1.82, 2.24) is 5.32 Å². The molecule has 0 aromatic heterocycles. The lowest BCUT2D eigenvalue weighted by Crippen LogP contribution is -2.24. The van der Waals surface area contributed by atoms with Crippen molar-refractivity contribution in [1.29, 1.82) is 0 Å². The molecule has 0 radical (unpaired) electrons. The summed E-state index contributed by atoms with van der Waals surface area (Å²) in [5.74, 6) is 0.982. The molecule has 1 aliphatic heterocycles. The topological polar surface area (TPSA) is 90.7 Å². The standard InChI is InChI=1S/C18H16N2O5/c1-12(14-6-8-16-17(10-14)25-11-24-16)19-18(21)9-7-13-4-2-3-5-15(13)20(22)23/h2-10,12H,11H2,1H3,(H,19,21)/b9-7+. The fourth-order valence-electron chi connectivity index (χ4n) is 2.49. The zero-order chi connectivity index (χ0) is 17.8. The lowest BCUT2D eigenvalue weighted by Gasteiger charge is -2.13. The Morgan fingerprint density at radius 2 is 2.00 bits per heavy atom. The molecule has 1 atom stereocenters. The first-order chi connectivity index (χ1) is 12.0. The predicted molar refractivity (Wildman–Crippen MR) is 91.3 cm³/mol. The number of hydrogen-bond acceptors (Lipinski definition) is 5. The highest BCUT2D eigenvalue weighted by atomic mass is 16.7. The van der Waals surface area contributed by atoms with Crippen molar-refractivity contribution in [2.45, 2.75) is 13.0 Å². The number of nitrogens with zero attached hydrogens (tertiary/aromatic N) is 1. The third kappa shape index (κ3) is 3.77. The monoisotopic (exact) mass is 340 g/mol. The molecule has 2 aromatic carbocycles. The van der Waals surface area contributed by atoms with E-state index in [1.165, 1.54) is 18.2 Å². The number of ether oxygens (including phenoxy) is 2. The Morgan fingerprint density at radius 3 is 2.80 bits per heavy atom. The van der Waals surface area contributed by atoms with E-state index in [0.29, 0.717) is 17.1 Å². The molecule has 0 aliphatic carbocycles. The van der Waals surface area contributed by atoms with Crippen LogP contribution in [0, 0.1) is 10.1 Å². The normalized spacial score (nSPS) is 13.6. The summed E-state index contributed by atoms with van der Waals surface area (Å²) >= 11 is 0. The highest BCUT2D eigenvalue weighted by molar-refractivity contribution is 5.92. The fraction of sp³-hybridized carbons (Fsp3) is 0.167. The number of nitro benzene ring substituents is 1. The average molecular weight is 340 g/mol. The highest BCUT2D eigenvalue weighted by Gasteiger charge is 2.16. The first-order valence-electron chi connectivity index (χ1n) is 7.66. The maximum Gasteiger partial charge on any atom is 0.276 e. The van der Waals surface area contributed by atoms with Crippen LogP contribution < -0.4 is 14.8 Å². The van der Waals surface area contributed by atoms with Crippen LogP contribution in [0.2, 0.25) is 0 Å². The second-order valence-electron chi connectivity index (χ2n) is 5.49. The van der Waals surface area contributed by atoms with Crippen LogP contribution in [0.25, 0.3) is 6.08 Å². The lowest BCUT2D eigenvalue weighted by atomic mass is 10.1. The highest BCUT2D eigenvalue weighted by Crippen LogP contribution is 2.34. The number of nitro groups is 1. The molecule has 128 valence electrons. The fourth-order valence-corrected chi connectivity index (χ4v) is 2.49. The first-order valence-corrected chi connectivity index (χ1v) is 7.66. The first kappa shape index (κ1) is 16.5. The molecule has 0 spiro atoms. The van der Waals surface area contributed by atoms with Gasteiger partial charge in [0.1, 0.15) is 0 Å². The van der Waals surface area contributed by atoms with Gasteiger partial charge in [0.25, 0.3) is 5.69 Å². The van der Waals surface area contributed by atoms with Crippen LogP contribution >= 0.6 is 0 Å². The van der Waals surface area contributed by atoms with Crippen molar-refractivity contribution < 1.29 is 19.2 Å². The van der Waals surface area contributed by atoms with E-state index in [2.05, 4.69) is 5.32 Å². The van der Waals surface area contributed by atoms with Gasteiger partial charge in [-0.05, 0) is 36.8 Å². The molecule has 2 aromatic rings. The summed E-state index contributed by atoms with van der Waals surface area (Å²) in [6.45, 7) is 2.03. The summed E-state index contributed by atoms with van der Waals surface area (Å²) in [5.41, 5.74) is 1.20. The molecule has 0 saturated carbocycles. The van der Waals surface area contributed by atoms with E-state index in [1.807, 2.05) is 19.1 Å². The summed E-state index contributed by atoms with van der Waals surface area (Å²) in [7, 11) is 0. The molecular formula is C18H16N2O5. The van der Waals surface area contributed by atoms with Crippen molar-refractivity contribution in [3.63, 3.8) is 0 Å². The molecule has 3 rings (SSSR count). The second kappa shape index (κ2) is 7.04. The van der Waals surface area contributed by atoms with Crippen LogP contribution in [0.3, 0.4) is 0 Å². The number of carbonyl (C=O) groups excluding carboxylic acids is 1. The molecule has 1 unspecified atom stereocenters. The van der Waals surface area contributed by atoms with Gasteiger partial charge in [0.2, 0.25) is 12.7 Å². The Morgan fingerprint density at radius 1 is 1.24 bits per heavy atom. The Kier molecular flexibility index (Phi) is 4.65. The molecular weight excluding hydrogens is 324 g/mol. The van der Waals surface area contributed by atoms with Gasteiger partial charge < -0.3 is 14.8 Å². The summed E-state index contributed by atoms with van der Waals surface area (Å²) in [5, 5.41) is 13.8. The Bertz CT molecular complexity index is 847. The van der Waals surface area contributed by atoms with Gasteiger partial charge in [-0.1, -0.05) is 18.2 Å². The molecule has 25 heavy (non-hydrogen) atoms. The van der Waals surface area contributed by atoms with Gasteiger partial charge in [-0.2, -0.15) is 0 Å². The largest absolute Gasteiger partial charge is 0.454 e. The van der Waals surface area contributed by atoms with E-state index in [9.17, 15) is 14.9 Å². The van der Waals surface area contributed by atoms with Crippen LogP contribution in [0.15, 0.2) is 48.5 Å². The maximum absolute atomic E-state index is 12.1. The number of carbonyl (C=O) groups is 1. The van der Waals surface area contributed by atoms with Crippen molar-refractivity contribution >= 4 is 17.7 Å². The van der Waals surface area contributed by atoms with Gasteiger partial charge in [0.05, 0.1) is 16.5 Å². The molecule has 0 bridgehead atoms. The van der Waals surface area contributed by atoms with Crippen molar-refractivity contribution in [2.75, 3.05) is 6.79 Å². The number of para-hydroxylation sites is 1. The number of hydrogen-bond donors (Lipinski definition) is 1. The molecule has 1 amide bonds. The Hall–Kier alpha value is -3.35. The number of fused-ring (bicyclic) bond motifs is 1. The van der Waals surface area contributed by atoms with E-state index in [4.69, 9.17) is 9.47 Å². The molecule has 1 aliphatic rings. The van der Waals surface area contributed by atoms with Gasteiger partial charge in [-0.25, -0.2) is 0 Å². The minimum Gasteiger partial charge on any atom is -0.454 e. The molecule has 1 heterocycles. The van der Waals surface area contributed by atoms with Crippen LogP contribution in [-0.4, -0.2) is 17.6 Å². The van der Waals surface area contributed by atoms with Gasteiger partial charge in [0.15, 0.2) is 11.5 Å².